The third-order valence-electron chi connectivity index (χ3n) is 2.87. The zero-order valence-corrected chi connectivity index (χ0v) is 12.7. The Hall–Kier alpha value is -1.26. The van der Waals surface area contributed by atoms with Gasteiger partial charge in [-0.15, -0.1) is 0 Å². The lowest BCUT2D eigenvalue weighted by Gasteiger charge is -2.20. The van der Waals surface area contributed by atoms with Crippen molar-refractivity contribution in [2.75, 3.05) is 13.2 Å². The number of ether oxygens (including phenoxy) is 1. The summed E-state index contributed by atoms with van der Waals surface area (Å²) in [6.07, 6.45) is 3.46. The van der Waals surface area contributed by atoms with Gasteiger partial charge in [-0.3, -0.25) is 0 Å². The van der Waals surface area contributed by atoms with Crippen LogP contribution in [0.25, 0.3) is 0 Å². The van der Waals surface area contributed by atoms with Crippen molar-refractivity contribution < 1.29 is 9.15 Å². The summed E-state index contributed by atoms with van der Waals surface area (Å²) >= 11 is 3.52. The highest BCUT2D eigenvalue weighted by Crippen LogP contribution is 2.32. The van der Waals surface area contributed by atoms with Gasteiger partial charge in [-0.2, -0.15) is 0 Å². The van der Waals surface area contributed by atoms with Crippen LogP contribution in [0.4, 0.5) is 0 Å². The van der Waals surface area contributed by atoms with Crippen LogP contribution < -0.4 is 10.1 Å². The van der Waals surface area contributed by atoms with Gasteiger partial charge in [-0.05, 0) is 37.7 Å². The lowest BCUT2D eigenvalue weighted by Crippen LogP contribution is -2.22. The van der Waals surface area contributed by atoms with Crippen LogP contribution in [0.15, 0.2) is 45.7 Å². The van der Waals surface area contributed by atoms with E-state index in [4.69, 9.17) is 9.15 Å². The summed E-state index contributed by atoms with van der Waals surface area (Å²) in [4.78, 5) is 0. The fourth-order valence-electron chi connectivity index (χ4n) is 2.08. The third kappa shape index (κ3) is 3.39. The van der Waals surface area contributed by atoms with Crippen molar-refractivity contribution in [3.63, 3.8) is 0 Å². The number of benzene rings is 1. The van der Waals surface area contributed by atoms with Gasteiger partial charge in [0.25, 0.3) is 0 Å². The largest absolute Gasteiger partial charge is 0.494 e. The van der Waals surface area contributed by atoms with Crippen molar-refractivity contribution in [1.82, 2.24) is 5.32 Å². The number of hydrogen-bond donors (Lipinski definition) is 1. The number of halogens is 1. The molecule has 0 bridgehead atoms. The van der Waals surface area contributed by atoms with Gasteiger partial charge in [-0.25, -0.2) is 0 Å². The molecule has 0 aliphatic carbocycles. The highest BCUT2D eigenvalue weighted by molar-refractivity contribution is 9.10. The second-order valence-corrected chi connectivity index (χ2v) is 5.08. The smallest absolute Gasteiger partial charge is 0.124 e. The fourth-order valence-corrected chi connectivity index (χ4v) is 2.46. The molecule has 0 spiro atoms. The maximum atomic E-state index is 5.73. The van der Waals surface area contributed by atoms with E-state index in [0.29, 0.717) is 6.61 Å². The molecular formula is C15H18BrNO2. The van der Waals surface area contributed by atoms with Gasteiger partial charge >= 0.3 is 0 Å². The SMILES string of the molecule is CCNC(c1ccoc1)c1cc(Br)ccc1OCC. The highest BCUT2D eigenvalue weighted by Gasteiger charge is 2.19. The van der Waals surface area contributed by atoms with Crippen LogP contribution in [-0.4, -0.2) is 13.2 Å². The van der Waals surface area contributed by atoms with E-state index in [1.165, 1.54) is 0 Å². The summed E-state index contributed by atoms with van der Waals surface area (Å²) in [7, 11) is 0. The second-order valence-electron chi connectivity index (χ2n) is 4.16. The Bertz CT molecular complexity index is 511. The van der Waals surface area contributed by atoms with Crippen molar-refractivity contribution in [2.45, 2.75) is 19.9 Å². The molecule has 1 aromatic carbocycles. The van der Waals surface area contributed by atoms with Crippen LogP contribution in [0.5, 0.6) is 5.75 Å². The first-order valence-electron chi connectivity index (χ1n) is 6.44. The van der Waals surface area contributed by atoms with Crippen molar-refractivity contribution in [3.05, 3.63) is 52.4 Å². The number of hydrogen-bond acceptors (Lipinski definition) is 3. The maximum absolute atomic E-state index is 5.73. The summed E-state index contributed by atoms with van der Waals surface area (Å²) in [5.74, 6) is 0.901. The van der Waals surface area contributed by atoms with Gasteiger partial charge in [0, 0.05) is 15.6 Å². The molecule has 3 nitrogen and oxygen atoms in total. The third-order valence-corrected chi connectivity index (χ3v) is 3.36. The van der Waals surface area contributed by atoms with Gasteiger partial charge < -0.3 is 14.5 Å². The zero-order chi connectivity index (χ0) is 13.7. The first-order valence-corrected chi connectivity index (χ1v) is 7.23. The Kier molecular flexibility index (Phi) is 5.05. The molecule has 0 aliphatic rings. The number of rotatable bonds is 6. The molecule has 0 radical (unpaired) electrons. The Balaban J connectivity index is 2.43. The molecule has 2 aromatic rings. The number of nitrogens with one attached hydrogen (secondary N) is 1. The molecule has 0 fully saturated rings. The van der Waals surface area contributed by atoms with Crippen molar-refractivity contribution in [3.8, 4) is 5.75 Å². The monoisotopic (exact) mass is 323 g/mol. The summed E-state index contributed by atoms with van der Waals surface area (Å²) in [6, 6.07) is 8.12. The molecule has 4 heteroatoms. The minimum atomic E-state index is 0.0720. The van der Waals surface area contributed by atoms with Gasteiger partial charge in [-0.1, -0.05) is 22.9 Å². The van der Waals surface area contributed by atoms with Crippen LogP contribution >= 0.6 is 15.9 Å². The number of furan rings is 1. The predicted octanol–water partition coefficient (Wildman–Crippen LogP) is 4.14. The molecule has 0 saturated heterocycles. The van der Waals surface area contributed by atoms with Crippen LogP contribution in [0.3, 0.4) is 0 Å². The quantitative estimate of drug-likeness (QED) is 0.867. The van der Waals surface area contributed by atoms with E-state index in [2.05, 4.69) is 34.2 Å². The summed E-state index contributed by atoms with van der Waals surface area (Å²) in [5.41, 5.74) is 2.21. The molecule has 1 unspecified atom stereocenters. The molecule has 1 heterocycles. The minimum Gasteiger partial charge on any atom is -0.494 e. The summed E-state index contributed by atoms with van der Waals surface area (Å²) < 4.78 is 12.0. The standard InChI is InChI=1S/C15H18BrNO2/c1-3-17-15(11-7-8-18-10-11)13-9-12(16)5-6-14(13)19-4-2/h5-10,15,17H,3-4H2,1-2H3. The molecule has 102 valence electrons. The molecule has 0 saturated carbocycles. The molecule has 1 N–H and O–H groups in total. The van der Waals surface area contributed by atoms with Gasteiger partial charge in [0.15, 0.2) is 0 Å². The van der Waals surface area contributed by atoms with E-state index in [1.54, 1.807) is 12.5 Å². The molecule has 1 aromatic heterocycles. The van der Waals surface area contributed by atoms with Crippen molar-refractivity contribution in [1.29, 1.82) is 0 Å². The first kappa shape index (κ1) is 14.2. The molecule has 0 amide bonds. The maximum Gasteiger partial charge on any atom is 0.124 e. The lowest BCUT2D eigenvalue weighted by atomic mass is 10.00. The van der Waals surface area contributed by atoms with Gasteiger partial charge in [0.1, 0.15) is 5.75 Å². The van der Waals surface area contributed by atoms with E-state index in [-0.39, 0.29) is 6.04 Å². The Morgan fingerprint density at radius 3 is 2.79 bits per heavy atom. The summed E-state index contributed by atoms with van der Waals surface area (Å²) in [5, 5.41) is 3.47. The molecule has 0 aliphatic heterocycles. The van der Waals surface area contributed by atoms with Gasteiger partial charge in [0.05, 0.1) is 25.2 Å². The highest BCUT2D eigenvalue weighted by atomic mass is 79.9. The van der Waals surface area contributed by atoms with E-state index in [0.717, 1.165) is 27.9 Å². The van der Waals surface area contributed by atoms with Crippen LogP contribution in [0, 0.1) is 0 Å². The van der Waals surface area contributed by atoms with Crippen molar-refractivity contribution >= 4 is 15.9 Å². The Labute approximate surface area is 122 Å². The fraction of sp³-hybridized carbons (Fsp3) is 0.333. The van der Waals surface area contributed by atoms with Crippen LogP contribution in [0.2, 0.25) is 0 Å². The molecule has 2 rings (SSSR count). The average Bonchev–Trinajstić information content (AvgIpc) is 2.92. The molecule has 1 atom stereocenters. The topological polar surface area (TPSA) is 34.4 Å². The summed E-state index contributed by atoms with van der Waals surface area (Å²) in [6.45, 7) is 5.60. The Morgan fingerprint density at radius 1 is 1.32 bits per heavy atom. The predicted molar refractivity (Wildman–Crippen MR) is 79.5 cm³/mol. The normalized spacial score (nSPS) is 12.4. The van der Waals surface area contributed by atoms with E-state index < -0.39 is 0 Å². The van der Waals surface area contributed by atoms with E-state index in [1.807, 2.05) is 25.1 Å². The van der Waals surface area contributed by atoms with Crippen molar-refractivity contribution in [2.24, 2.45) is 0 Å². The zero-order valence-electron chi connectivity index (χ0n) is 11.2. The van der Waals surface area contributed by atoms with Crippen LogP contribution in [0.1, 0.15) is 31.0 Å². The lowest BCUT2D eigenvalue weighted by molar-refractivity contribution is 0.333. The Morgan fingerprint density at radius 2 is 2.16 bits per heavy atom. The van der Waals surface area contributed by atoms with Gasteiger partial charge in [0.2, 0.25) is 0 Å². The minimum absolute atomic E-state index is 0.0720. The molecular weight excluding hydrogens is 306 g/mol. The second kappa shape index (κ2) is 6.78. The van der Waals surface area contributed by atoms with Crippen LogP contribution in [-0.2, 0) is 0 Å². The average molecular weight is 324 g/mol. The first-order chi connectivity index (χ1) is 9.26. The van der Waals surface area contributed by atoms with E-state index in [9.17, 15) is 0 Å². The van der Waals surface area contributed by atoms with E-state index >= 15 is 0 Å². The molecule has 19 heavy (non-hydrogen) atoms.